The van der Waals surface area contributed by atoms with Crippen molar-refractivity contribution in [3.05, 3.63) is 48.0 Å². The number of thioether (sulfide) groups is 1. The van der Waals surface area contributed by atoms with Gasteiger partial charge in [0.2, 0.25) is 0 Å². The molecule has 1 aliphatic carbocycles. The zero-order valence-electron chi connectivity index (χ0n) is 11.2. The molecule has 1 saturated carbocycles. The highest BCUT2D eigenvalue weighted by Crippen LogP contribution is 2.29. The molecule has 19 heavy (non-hydrogen) atoms. The Morgan fingerprint density at radius 2 is 2.05 bits per heavy atom. The average molecular weight is 273 g/mol. The van der Waals surface area contributed by atoms with E-state index >= 15 is 0 Å². The first-order chi connectivity index (χ1) is 9.35. The van der Waals surface area contributed by atoms with Gasteiger partial charge in [0.05, 0.1) is 6.54 Å². The molecule has 1 heterocycles. The van der Waals surface area contributed by atoms with Gasteiger partial charge in [-0.3, -0.25) is 4.90 Å². The van der Waals surface area contributed by atoms with Crippen molar-refractivity contribution in [2.75, 3.05) is 6.26 Å². The number of H-pyrrole nitrogens is 1. The molecule has 0 radical (unpaired) electrons. The lowest BCUT2D eigenvalue weighted by Crippen LogP contribution is -2.25. The lowest BCUT2D eigenvalue weighted by molar-refractivity contribution is 0.240. The Hall–Kier alpha value is -1.26. The van der Waals surface area contributed by atoms with Gasteiger partial charge in [-0.25, -0.2) is 4.98 Å². The van der Waals surface area contributed by atoms with Crippen LogP contribution in [0.3, 0.4) is 0 Å². The standard InChI is InChI=1S/C15H19N3S/c1-19-14-6-2-12(3-7-14)10-18(13-4-5-13)11-15-16-8-9-17-15/h2-3,6-9,13H,4-5,10-11H2,1H3,(H,16,17). The lowest BCUT2D eigenvalue weighted by atomic mass is 10.2. The van der Waals surface area contributed by atoms with Gasteiger partial charge in [0.15, 0.2) is 0 Å². The first-order valence-corrected chi connectivity index (χ1v) is 7.93. The van der Waals surface area contributed by atoms with Gasteiger partial charge in [-0.15, -0.1) is 11.8 Å². The highest BCUT2D eigenvalue weighted by Gasteiger charge is 2.29. The van der Waals surface area contributed by atoms with Crippen molar-refractivity contribution in [3.63, 3.8) is 0 Å². The van der Waals surface area contributed by atoms with E-state index in [2.05, 4.69) is 45.4 Å². The van der Waals surface area contributed by atoms with E-state index in [4.69, 9.17) is 0 Å². The number of nitrogens with one attached hydrogen (secondary N) is 1. The van der Waals surface area contributed by atoms with E-state index in [0.717, 1.165) is 25.0 Å². The van der Waals surface area contributed by atoms with Crippen molar-refractivity contribution in [3.8, 4) is 0 Å². The molecule has 0 unspecified atom stereocenters. The number of rotatable bonds is 6. The summed E-state index contributed by atoms with van der Waals surface area (Å²) < 4.78 is 0. The summed E-state index contributed by atoms with van der Waals surface area (Å²) in [5.41, 5.74) is 1.39. The van der Waals surface area contributed by atoms with Crippen LogP contribution in [-0.4, -0.2) is 27.2 Å². The first-order valence-electron chi connectivity index (χ1n) is 6.70. The van der Waals surface area contributed by atoms with Crippen molar-refractivity contribution in [1.82, 2.24) is 14.9 Å². The van der Waals surface area contributed by atoms with Crippen LogP contribution < -0.4 is 0 Å². The molecule has 1 fully saturated rings. The van der Waals surface area contributed by atoms with E-state index in [1.807, 2.05) is 12.4 Å². The summed E-state index contributed by atoms with van der Waals surface area (Å²) in [6.45, 7) is 1.93. The summed E-state index contributed by atoms with van der Waals surface area (Å²) in [6, 6.07) is 9.63. The van der Waals surface area contributed by atoms with Gasteiger partial charge in [-0.05, 0) is 36.8 Å². The largest absolute Gasteiger partial charge is 0.348 e. The van der Waals surface area contributed by atoms with Crippen molar-refractivity contribution < 1.29 is 0 Å². The van der Waals surface area contributed by atoms with Gasteiger partial charge < -0.3 is 4.98 Å². The Morgan fingerprint density at radius 3 is 2.63 bits per heavy atom. The fourth-order valence-corrected chi connectivity index (χ4v) is 2.70. The number of benzene rings is 1. The number of imidazole rings is 1. The summed E-state index contributed by atoms with van der Waals surface area (Å²) >= 11 is 1.79. The van der Waals surface area contributed by atoms with Crippen LogP contribution in [0.2, 0.25) is 0 Å². The van der Waals surface area contributed by atoms with Crippen LogP contribution in [0.15, 0.2) is 41.6 Å². The molecule has 0 bridgehead atoms. The average Bonchev–Trinajstić information content (AvgIpc) is 3.17. The maximum atomic E-state index is 4.33. The topological polar surface area (TPSA) is 31.9 Å². The minimum atomic E-state index is 0.741. The molecule has 0 saturated heterocycles. The minimum absolute atomic E-state index is 0.741. The Labute approximate surface area is 118 Å². The van der Waals surface area contributed by atoms with Crippen molar-refractivity contribution in [1.29, 1.82) is 0 Å². The van der Waals surface area contributed by atoms with E-state index in [9.17, 15) is 0 Å². The molecule has 1 aromatic heterocycles. The van der Waals surface area contributed by atoms with E-state index in [1.54, 1.807) is 11.8 Å². The molecule has 0 spiro atoms. The molecule has 100 valence electrons. The minimum Gasteiger partial charge on any atom is -0.348 e. The predicted octanol–water partition coefficient (Wildman–Crippen LogP) is 3.30. The summed E-state index contributed by atoms with van der Waals surface area (Å²) in [5.74, 6) is 1.06. The number of hydrogen-bond acceptors (Lipinski definition) is 3. The maximum absolute atomic E-state index is 4.33. The van der Waals surface area contributed by atoms with Crippen LogP contribution in [0.5, 0.6) is 0 Å². The SMILES string of the molecule is CSc1ccc(CN(Cc2ncc[nH]2)C2CC2)cc1. The third kappa shape index (κ3) is 3.39. The first kappa shape index (κ1) is 12.8. The Kier molecular flexibility index (Phi) is 3.89. The van der Waals surface area contributed by atoms with Crippen LogP contribution in [0, 0.1) is 0 Å². The number of hydrogen-bond donors (Lipinski definition) is 1. The smallest absolute Gasteiger partial charge is 0.120 e. The third-order valence-electron chi connectivity index (χ3n) is 3.52. The van der Waals surface area contributed by atoms with Crippen molar-refractivity contribution in [2.45, 2.75) is 36.9 Å². The predicted molar refractivity (Wildman–Crippen MR) is 79.1 cm³/mol. The molecule has 4 heteroatoms. The third-order valence-corrected chi connectivity index (χ3v) is 4.26. The second-order valence-corrected chi connectivity index (χ2v) is 5.90. The summed E-state index contributed by atoms with van der Waals surface area (Å²) in [5, 5.41) is 0. The van der Waals surface area contributed by atoms with E-state index < -0.39 is 0 Å². The van der Waals surface area contributed by atoms with Crippen LogP contribution in [-0.2, 0) is 13.1 Å². The molecular weight excluding hydrogens is 254 g/mol. The fourth-order valence-electron chi connectivity index (χ4n) is 2.30. The number of nitrogens with zero attached hydrogens (tertiary/aromatic N) is 2. The molecule has 0 atom stereocenters. The van der Waals surface area contributed by atoms with Crippen LogP contribution in [0.4, 0.5) is 0 Å². The Balaban J connectivity index is 1.66. The van der Waals surface area contributed by atoms with Gasteiger partial charge >= 0.3 is 0 Å². The number of aromatic amines is 1. The highest BCUT2D eigenvalue weighted by atomic mass is 32.2. The van der Waals surface area contributed by atoms with Gasteiger partial charge in [0, 0.05) is 29.9 Å². The molecule has 1 aromatic carbocycles. The number of aromatic nitrogens is 2. The molecule has 2 aromatic rings. The second kappa shape index (κ2) is 5.80. The Morgan fingerprint density at radius 1 is 1.26 bits per heavy atom. The van der Waals surface area contributed by atoms with Crippen molar-refractivity contribution in [2.24, 2.45) is 0 Å². The summed E-state index contributed by atoms with van der Waals surface area (Å²) in [7, 11) is 0. The van der Waals surface area contributed by atoms with Crippen molar-refractivity contribution >= 4 is 11.8 Å². The van der Waals surface area contributed by atoms with Gasteiger partial charge in [0.25, 0.3) is 0 Å². The van der Waals surface area contributed by atoms with Crippen LogP contribution in [0.25, 0.3) is 0 Å². The van der Waals surface area contributed by atoms with Gasteiger partial charge in [-0.1, -0.05) is 12.1 Å². The molecular formula is C15H19N3S. The quantitative estimate of drug-likeness (QED) is 0.820. The summed E-state index contributed by atoms with van der Waals surface area (Å²) in [6.07, 6.45) is 8.48. The molecule has 1 aliphatic rings. The Bertz CT molecular complexity index is 503. The van der Waals surface area contributed by atoms with Gasteiger partial charge in [-0.2, -0.15) is 0 Å². The molecule has 3 rings (SSSR count). The fraction of sp³-hybridized carbons (Fsp3) is 0.400. The van der Waals surface area contributed by atoms with E-state index in [0.29, 0.717) is 0 Å². The molecule has 0 aliphatic heterocycles. The van der Waals surface area contributed by atoms with Crippen LogP contribution >= 0.6 is 11.8 Å². The lowest BCUT2D eigenvalue weighted by Gasteiger charge is -2.21. The maximum Gasteiger partial charge on any atom is 0.120 e. The van der Waals surface area contributed by atoms with E-state index in [-0.39, 0.29) is 0 Å². The molecule has 0 amide bonds. The molecule has 3 nitrogen and oxygen atoms in total. The normalized spacial score (nSPS) is 15.1. The molecule has 1 N–H and O–H groups in total. The second-order valence-electron chi connectivity index (χ2n) is 5.02. The van der Waals surface area contributed by atoms with Crippen LogP contribution in [0.1, 0.15) is 24.2 Å². The van der Waals surface area contributed by atoms with E-state index in [1.165, 1.54) is 23.3 Å². The van der Waals surface area contributed by atoms with Gasteiger partial charge in [0.1, 0.15) is 5.82 Å². The zero-order chi connectivity index (χ0) is 13.1. The zero-order valence-corrected chi connectivity index (χ0v) is 12.0. The highest BCUT2D eigenvalue weighted by molar-refractivity contribution is 7.98. The monoisotopic (exact) mass is 273 g/mol. The summed E-state index contributed by atoms with van der Waals surface area (Å²) in [4.78, 5) is 11.4.